The minimum atomic E-state index is -3.36. The zero-order chi connectivity index (χ0) is 31.3. The number of nitrogens with zero attached hydrogens (tertiary/aromatic N) is 10. The van der Waals surface area contributed by atoms with Crippen molar-refractivity contribution in [3.8, 4) is 0 Å². The van der Waals surface area contributed by atoms with Gasteiger partial charge in [0.1, 0.15) is 11.4 Å². The van der Waals surface area contributed by atoms with Gasteiger partial charge in [-0.1, -0.05) is 10.2 Å². The van der Waals surface area contributed by atoms with Gasteiger partial charge in [-0.3, -0.25) is 0 Å². The number of benzene rings is 2. The Kier molecular flexibility index (Phi) is 11.2. The summed E-state index contributed by atoms with van der Waals surface area (Å²) in [6, 6.07) is 12.9. The van der Waals surface area contributed by atoms with Crippen LogP contribution in [-0.4, -0.2) is 35.3 Å². The van der Waals surface area contributed by atoms with Crippen LogP contribution in [0.3, 0.4) is 0 Å². The Morgan fingerprint density at radius 1 is 0.628 bits per heavy atom. The van der Waals surface area contributed by atoms with Crippen molar-refractivity contribution in [2.75, 3.05) is 36.0 Å². The standard InChI is InChI=1S/C28H36N10.4ClH.Zn/c1-21-19-23(7-9-25(21)29-31-27-33(3)11-12-34(27)4)37-15-17-38(18-16-37)24-8-10-26(22(2)20-24)30-32-28-35(5)13-14-36(28)6;;;;;/h7-14,19-20H,15-18H2,1-6H3;4*1H;/q+2;;;;;+2/p-4. The van der Waals surface area contributed by atoms with Crippen LogP contribution in [0.2, 0.25) is 0 Å². The predicted molar refractivity (Wildman–Crippen MR) is 172 cm³/mol. The fourth-order valence-electron chi connectivity index (χ4n) is 4.76. The molecule has 43 heavy (non-hydrogen) atoms. The van der Waals surface area contributed by atoms with Gasteiger partial charge in [0.05, 0.1) is 53.0 Å². The minimum absolute atomic E-state index is 0.807. The molecule has 1 aliphatic rings. The van der Waals surface area contributed by atoms with Crippen molar-refractivity contribution in [3.05, 3.63) is 72.3 Å². The Hall–Kier alpha value is -2.56. The van der Waals surface area contributed by atoms with E-state index in [1.807, 2.05) is 71.2 Å². The molecule has 5 rings (SSSR count). The molecule has 4 aromatic rings. The number of aromatic nitrogens is 4. The number of hydrogen-bond donors (Lipinski definition) is 0. The molecule has 0 aliphatic carbocycles. The van der Waals surface area contributed by atoms with Crippen LogP contribution in [0.25, 0.3) is 0 Å². The van der Waals surface area contributed by atoms with Gasteiger partial charge in [0, 0.05) is 47.8 Å². The van der Waals surface area contributed by atoms with Crippen LogP contribution in [0.1, 0.15) is 11.1 Å². The third-order valence-corrected chi connectivity index (χ3v) is 7.15. The van der Waals surface area contributed by atoms with E-state index in [1.165, 1.54) is 11.4 Å². The fraction of sp³-hybridized carbons (Fsp3) is 0.357. The number of halogens is 4. The molecule has 2 aromatic carbocycles. The molecule has 0 N–H and O–H groups in total. The number of hydrogen-bond acceptors (Lipinski definition) is 6. The summed E-state index contributed by atoms with van der Waals surface area (Å²) < 4.78 is 7.82. The first-order valence-corrected chi connectivity index (χ1v) is 29.5. The first-order valence-electron chi connectivity index (χ1n) is 13.9. The zero-order valence-electron chi connectivity index (χ0n) is 25.3. The quantitative estimate of drug-likeness (QED) is 0.117. The van der Waals surface area contributed by atoms with Crippen LogP contribution in [0.5, 0.6) is 0 Å². The van der Waals surface area contributed by atoms with Gasteiger partial charge in [0.25, 0.3) is 0 Å². The molecule has 0 atom stereocenters. The van der Waals surface area contributed by atoms with Crippen LogP contribution < -0.4 is 18.9 Å². The number of imidazole rings is 2. The third kappa shape index (κ3) is 9.22. The normalized spacial score (nSPS) is 14.1. The summed E-state index contributed by atoms with van der Waals surface area (Å²) in [7, 11) is 24.7. The summed E-state index contributed by atoms with van der Waals surface area (Å²) in [5.74, 6) is 1.61. The Bertz CT molecular complexity index is 1460. The number of anilines is 2. The topological polar surface area (TPSA) is 73.5 Å². The third-order valence-electron chi connectivity index (χ3n) is 7.15. The Morgan fingerprint density at radius 2 is 0.977 bits per heavy atom. The Balaban J connectivity index is 0.000000782. The average molecular weight is 720 g/mol. The van der Waals surface area contributed by atoms with Gasteiger partial charge in [-0.15, -0.1) is 0 Å². The first-order chi connectivity index (χ1) is 20.3. The molecule has 10 nitrogen and oxygen atoms in total. The Morgan fingerprint density at radius 3 is 1.26 bits per heavy atom. The maximum absolute atomic E-state index is 5.05. The summed E-state index contributed by atoms with van der Waals surface area (Å²) in [5, 5.41) is 17.9. The molecule has 0 radical (unpaired) electrons. The van der Waals surface area contributed by atoms with Crippen LogP contribution in [-0.2, 0) is 39.0 Å². The van der Waals surface area contributed by atoms with Gasteiger partial charge in [-0.2, -0.15) is 0 Å². The number of aryl methyl sites for hydroxylation is 6. The second-order valence-corrected chi connectivity index (χ2v) is 38.3. The molecule has 0 saturated carbocycles. The van der Waals surface area contributed by atoms with E-state index in [0.717, 1.165) is 60.6 Å². The summed E-state index contributed by atoms with van der Waals surface area (Å²) in [6.07, 6.45) is 7.88. The second-order valence-electron chi connectivity index (χ2n) is 10.6. The van der Waals surface area contributed by atoms with Crippen LogP contribution in [0.4, 0.5) is 34.6 Å². The zero-order valence-corrected chi connectivity index (χ0v) is 31.3. The van der Waals surface area contributed by atoms with Crippen molar-refractivity contribution in [3.63, 3.8) is 0 Å². The molecule has 228 valence electrons. The van der Waals surface area contributed by atoms with Crippen molar-refractivity contribution < 1.29 is 19.9 Å². The molecule has 2 aromatic heterocycles. The van der Waals surface area contributed by atoms with Gasteiger partial charge in [0.2, 0.25) is 0 Å². The van der Waals surface area contributed by atoms with E-state index in [1.54, 1.807) is 0 Å². The van der Waals surface area contributed by atoms with Gasteiger partial charge in [-0.25, -0.2) is 18.3 Å². The number of piperazine rings is 1. The molecule has 1 saturated heterocycles. The molecule has 3 heterocycles. The van der Waals surface area contributed by atoms with E-state index >= 15 is 0 Å². The molecule has 0 amide bonds. The Labute approximate surface area is 271 Å². The molecule has 15 heteroatoms. The molecular weight excluding hydrogens is 684 g/mol. The van der Waals surface area contributed by atoms with E-state index in [4.69, 9.17) is 38.8 Å². The van der Waals surface area contributed by atoms with E-state index in [-0.39, 0.29) is 0 Å². The molecule has 1 aliphatic heterocycles. The number of rotatable bonds is 6. The van der Waals surface area contributed by atoms with Crippen LogP contribution in [0.15, 0.2) is 81.6 Å². The number of azo groups is 2. The van der Waals surface area contributed by atoms with Gasteiger partial charge in [0.15, 0.2) is 0 Å². The van der Waals surface area contributed by atoms with E-state index in [0.29, 0.717) is 0 Å². The maximum atomic E-state index is 5.05. The van der Waals surface area contributed by atoms with Gasteiger partial charge < -0.3 is 9.80 Å². The molecule has 1 fully saturated rings. The average Bonchev–Trinajstić information content (AvgIpc) is 3.45. The van der Waals surface area contributed by atoms with E-state index in [9.17, 15) is 0 Å². The summed E-state index contributed by atoms with van der Waals surface area (Å²) >= 11 is 0. The fourth-order valence-corrected chi connectivity index (χ4v) is 4.76. The SMILES string of the molecule is Cc1cc(N2CCN(c3ccc(N=Nc4n(C)cc[n+]4C)c(C)c3)CC2)ccc1N=Nc1n(C)cc[n+]1C.[Cl][Zn-2]([Cl])([Cl])[Cl]. The summed E-state index contributed by atoms with van der Waals surface area (Å²) in [6.45, 7) is 8.04. The van der Waals surface area contributed by atoms with Gasteiger partial charge in [-0.05, 0) is 61.4 Å². The van der Waals surface area contributed by atoms with Crippen molar-refractivity contribution in [1.82, 2.24) is 9.13 Å². The van der Waals surface area contributed by atoms with Crippen molar-refractivity contribution >= 4 is 73.4 Å². The van der Waals surface area contributed by atoms with Gasteiger partial charge >= 0.3 is 61.5 Å². The van der Waals surface area contributed by atoms with Crippen LogP contribution in [0, 0.1) is 13.8 Å². The summed E-state index contributed by atoms with van der Waals surface area (Å²) in [4.78, 5) is 4.88. The van der Waals surface area contributed by atoms with Crippen molar-refractivity contribution in [2.45, 2.75) is 13.8 Å². The molecular formula is C28H36Cl4N10Zn. The molecule has 0 bridgehead atoms. The monoisotopic (exact) mass is 716 g/mol. The van der Waals surface area contributed by atoms with Crippen molar-refractivity contribution in [1.29, 1.82) is 0 Å². The molecule has 0 spiro atoms. The van der Waals surface area contributed by atoms with Crippen LogP contribution >= 0.6 is 38.8 Å². The van der Waals surface area contributed by atoms with E-state index < -0.39 is 10.8 Å². The van der Waals surface area contributed by atoms with Crippen molar-refractivity contribution in [2.24, 2.45) is 48.6 Å². The predicted octanol–water partition coefficient (Wildman–Crippen LogP) is 7.54. The second kappa shape index (κ2) is 14.5. The molecule has 0 unspecified atom stereocenters. The summed E-state index contributed by atoms with van der Waals surface area (Å²) in [5.41, 5.74) is 6.48. The van der Waals surface area contributed by atoms with E-state index in [2.05, 4.69) is 80.5 Å². The first kappa shape index (κ1) is 33.3.